The minimum atomic E-state index is 0. The van der Waals surface area contributed by atoms with Crippen LogP contribution in [-0.2, 0) is 21.1 Å². The quantitative estimate of drug-likeness (QED) is 0.210. The summed E-state index contributed by atoms with van der Waals surface area (Å²) in [5.41, 5.74) is 4.83. The number of hydrogen-bond donors (Lipinski definition) is 0. The maximum atomic E-state index is 6.13. The van der Waals surface area contributed by atoms with Gasteiger partial charge in [0.1, 0.15) is 12.1 Å². The van der Waals surface area contributed by atoms with Gasteiger partial charge in [-0.15, -0.1) is 17.5 Å². The molecule has 0 fully saturated rings. The third kappa shape index (κ3) is 3.55. The number of nitrogens with zero attached hydrogens (tertiary/aromatic N) is 5. The molecule has 0 spiro atoms. The van der Waals surface area contributed by atoms with Crippen LogP contribution in [0, 0.1) is 18.8 Å². The first-order valence-corrected chi connectivity index (χ1v) is 11.1. The van der Waals surface area contributed by atoms with Crippen LogP contribution in [0.15, 0.2) is 89.8 Å². The number of rotatable bonds is 4. The van der Waals surface area contributed by atoms with Gasteiger partial charge in [0.2, 0.25) is 0 Å². The predicted octanol–water partition coefficient (Wildman–Crippen LogP) is 6.26. The Kier molecular flexibility index (Phi) is 5.50. The van der Waals surface area contributed by atoms with Crippen molar-refractivity contribution in [2.75, 3.05) is 16.8 Å². The Morgan fingerprint density at radius 3 is 2.56 bits per heavy atom. The van der Waals surface area contributed by atoms with Crippen LogP contribution in [-0.4, -0.2) is 21.6 Å². The molecule has 0 bridgehead atoms. The Morgan fingerprint density at radius 2 is 1.69 bits per heavy atom. The van der Waals surface area contributed by atoms with E-state index in [9.17, 15) is 0 Å². The van der Waals surface area contributed by atoms with E-state index in [1.807, 2.05) is 66.8 Å². The van der Waals surface area contributed by atoms with Crippen molar-refractivity contribution in [3.63, 3.8) is 0 Å². The van der Waals surface area contributed by atoms with Crippen LogP contribution in [0.3, 0.4) is 0 Å². The maximum absolute atomic E-state index is 6.13. The van der Waals surface area contributed by atoms with Crippen LogP contribution in [0.5, 0.6) is 11.6 Å². The van der Waals surface area contributed by atoms with Crippen molar-refractivity contribution in [3.05, 3.63) is 104 Å². The molecule has 8 heteroatoms. The summed E-state index contributed by atoms with van der Waals surface area (Å²) in [7, 11) is 2.02. The van der Waals surface area contributed by atoms with Crippen molar-refractivity contribution in [2.45, 2.75) is 0 Å². The third-order valence-corrected chi connectivity index (χ3v) is 6.10. The van der Waals surface area contributed by atoms with Gasteiger partial charge in [-0.1, -0.05) is 35.8 Å². The molecular formula is C28H18N5O2Pt-3. The number of pyridine rings is 1. The molecule has 0 radical (unpaired) electrons. The zero-order valence-corrected chi connectivity index (χ0v) is 21.3. The van der Waals surface area contributed by atoms with E-state index in [0.29, 0.717) is 17.6 Å². The monoisotopic (exact) mass is 651 g/mol. The van der Waals surface area contributed by atoms with Crippen molar-refractivity contribution < 1.29 is 30.2 Å². The Balaban J connectivity index is 0.00000240. The fourth-order valence-electron chi connectivity index (χ4n) is 4.57. The average Bonchev–Trinajstić information content (AvgIpc) is 3.61. The summed E-state index contributed by atoms with van der Waals surface area (Å²) in [5.74, 6) is 0.884. The Bertz CT molecular complexity index is 1700. The molecule has 0 saturated carbocycles. The molecule has 1 aliphatic rings. The molecule has 1 aliphatic heterocycles. The predicted molar refractivity (Wildman–Crippen MR) is 134 cm³/mol. The summed E-state index contributed by atoms with van der Waals surface area (Å²) in [6.07, 6.45) is 4.91. The first kappa shape index (κ1) is 22.4. The molecule has 0 unspecified atom stereocenters. The number of ether oxygens (including phenoxy) is 1. The van der Waals surface area contributed by atoms with Gasteiger partial charge >= 0.3 is 6.01 Å². The van der Waals surface area contributed by atoms with E-state index in [0.717, 1.165) is 38.9 Å². The van der Waals surface area contributed by atoms with Crippen LogP contribution in [0.2, 0.25) is 0 Å². The van der Waals surface area contributed by atoms with Crippen molar-refractivity contribution in [1.29, 1.82) is 0 Å². The molecule has 6 aromatic rings. The topological polar surface area (TPSA) is 59.6 Å². The molecule has 0 amide bonds. The van der Waals surface area contributed by atoms with E-state index in [2.05, 4.69) is 50.1 Å². The molecule has 0 saturated heterocycles. The molecule has 3 aromatic heterocycles. The molecule has 180 valence electrons. The van der Waals surface area contributed by atoms with E-state index in [1.54, 1.807) is 18.7 Å². The second-order valence-electron chi connectivity index (χ2n) is 8.20. The molecule has 7 nitrogen and oxygen atoms in total. The number of anilines is 3. The third-order valence-electron chi connectivity index (χ3n) is 6.10. The smallest absolute Gasteiger partial charge is 0.304 e. The summed E-state index contributed by atoms with van der Waals surface area (Å²) in [4.78, 5) is 12.9. The molecule has 3 aromatic carbocycles. The van der Waals surface area contributed by atoms with E-state index in [4.69, 9.17) is 9.15 Å². The van der Waals surface area contributed by atoms with E-state index in [-0.39, 0.29) is 21.1 Å². The summed E-state index contributed by atoms with van der Waals surface area (Å²) in [6.45, 7) is 2.02. The van der Waals surface area contributed by atoms with Gasteiger partial charge < -0.3 is 19.0 Å². The van der Waals surface area contributed by atoms with E-state index < -0.39 is 0 Å². The van der Waals surface area contributed by atoms with Gasteiger partial charge in [0.25, 0.3) is 0 Å². The number of oxazole rings is 1. The molecule has 0 aliphatic carbocycles. The van der Waals surface area contributed by atoms with Crippen molar-refractivity contribution in [2.24, 2.45) is 0 Å². The number of para-hydroxylation sites is 3. The fraction of sp³-hybridized carbons (Fsp3) is 0.0357. The van der Waals surface area contributed by atoms with Gasteiger partial charge in [-0.05, 0) is 36.8 Å². The van der Waals surface area contributed by atoms with Crippen LogP contribution >= 0.6 is 0 Å². The minimum Gasteiger partial charge on any atom is -0.504 e. The first-order valence-electron chi connectivity index (χ1n) is 11.1. The van der Waals surface area contributed by atoms with Gasteiger partial charge in [0.05, 0.1) is 6.20 Å². The van der Waals surface area contributed by atoms with E-state index >= 15 is 0 Å². The van der Waals surface area contributed by atoms with Gasteiger partial charge in [0, 0.05) is 43.7 Å². The minimum absolute atomic E-state index is 0. The molecular weight excluding hydrogens is 633 g/mol. The number of hydrogen-bond acceptors (Lipinski definition) is 6. The van der Waals surface area contributed by atoms with Gasteiger partial charge in [-0.2, -0.15) is 30.6 Å². The van der Waals surface area contributed by atoms with Crippen molar-refractivity contribution in [1.82, 2.24) is 14.5 Å². The SMILES string of the molecule is CN1[CH-]N(c2[c-]c(Oc3[c-]c4c(cc3)c3ccccc3n4-c3ncco3)ncc2)c2ccccc21.[Pt]. The largest absolute Gasteiger partial charge is 0.504 e. The second kappa shape index (κ2) is 8.85. The van der Waals surface area contributed by atoms with Crippen LogP contribution in [0.25, 0.3) is 27.8 Å². The normalized spacial score (nSPS) is 12.7. The zero-order chi connectivity index (χ0) is 23.4. The molecule has 4 heterocycles. The molecule has 0 N–H and O–H groups in total. The average molecular weight is 652 g/mol. The number of aromatic nitrogens is 3. The second-order valence-corrected chi connectivity index (χ2v) is 8.20. The van der Waals surface area contributed by atoms with Gasteiger partial charge in [-0.25, -0.2) is 4.98 Å². The summed E-state index contributed by atoms with van der Waals surface area (Å²) in [6, 6.07) is 29.3. The first-order chi connectivity index (χ1) is 17.3. The Hall–Kier alpha value is -4.09. The van der Waals surface area contributed by atoms with E-state index in [1.165, 1.54) is 0 Å². The molecule has 0 atom stereocenters. The number of benzene rings is 3. The fourth-order valence-corrected chi connectivity index (χ4v) is 4.57. The Labute approximate surface area is 221 Å². The molecule has 7 rings (SSSR count). The summed E-state index contributed by atoms with van der Waals surface area (Å²) < 4.78 is 13.7. The Morgan fingerprint density at radius 1 is 0.861 bits per heavy atom. The van der Waals surface area contributed by atoms with Gasteiger partial charge in [-0.3, -0.25) is 9.55 Å². The maximum Gasteiger partial charge on any atom is 0.304 e. The standard InChI is InChI=1S/C28H18N5O2.Pt/c1-31-18-32(25-9-5-4-8-24(25)31)19-12-13-29-27(16-19)35-20-10-11-22-21-6-2-3-7-23(21)33(26(22)17-20)28-30-14-15-34-28;/h2-15,18H,1H3;/q-3;. The summed E-state index contributed by atoms with van der Waals surface area (Å²) >= 11 is 0. The summed E-state index contributed by atoms with van der Waals surface area (Å²) in [5, 5.41) is 2.12. The number of fused-ring (bicyclic) bond motifs is 4. The van der Waals surface area contributed by atoms with Gasteiger partial charge in [0.15, 0.2) is 0 Å². The van der Waals surface area contributed by atoms with Crippen LogP contribution < -0.4 is 14.5 Å². The van der Waals surface area contributed by atoms with Crippen LogP contribution in [0.1, 0.15) is 0 Å². The molecule has 36 heavy (non-hydrogen) atoms. The van der Waals surface area contributed by atoms with Crippen LogP contribution in [0.4, 0.5) is 17.1 Å². The van der Waals surface area contributed by atoms with Crippen molar-refractivity contribution >= 4 is 38.9 Å². The zero-order valence-electron chi connectivity index (χ0n) is 19.0. The van der Waals surface area contributed by atoms with Crippen molar-refractivity contribution in [3.8, 4) is 17.6 Å².